The molecule has 0 unspecified atom stereocenters. The number of rotatable bonds is 9. The average molecular weight is 544 g/mol. The van der Waals surface area contributed by atoms with Gasteiger partial charge < -0.3 is 18.9 Å². The molecule has 0 saturated heterocycles. The van der Waals surface area contributed by atoms with Gasteiger partial charge in [0, 0.05) is 41.4 Å². The summed E-state index contributed by atoms with van der Waals surface area (Å²) >= 11 is 6.11. The number of pyridine rings is 2. The van der Waals surface area contributed by atoms with Gasteiger partial charge in [0.05, 0.1) is 54.7 Å². The average Bonchev–Trinajstić information content (AvgIpc) is 3.33. The first-order chi connectivity index (χ1) is 19.0. The molecule has 0 aromatic carbocycles. The largest absolute Gasteiger partial charge is 0.463 e. The number of aromatic nitrogens is 6. The van der Waals surface area contributed by atoms with Crippen LogP contribution in [0.1, 0.15) is 58.6 Å². The SMILES string of the molecule is CCOC(=O)C=Cc1cc(C2CC2)cn2cc(Cn3cc(C(=O)NCc4ncn5ccc(Cl)cc45)cn3)nc12. The van der Waals surface area contributed by atoms with Gasteiger partial charge in [-0.2, -0.15) is 5.10 Å². The molecule has 0 atom stereocenters. The Morgan fingerprint density at radius 3 is 2.90 bits per heavy atom. The molecular weight excluding hydrogens is 518 g/mol. The fourth-order valence-corrected chi connectivity index (χ4v) is 4.70. The molecule has 6 rings (SSSR count). The minimum Gasteiger partial charge on any atom is -0.463 e. The lowest BCUT2D eigenvalue weighted by Gasteiger charge is -2.04. The Morgan fingerprint density at radius 1 is 1.21 bits per heavy atom. The van der Waals surface area contributed by atoms with Crippen molar-refractivity contribution in [1.29, 1.82) is 0 Å². The molecule has 198 valence electrons. The summed E-state index contributed by atoms with van der Waals surface area (Å²) in [5.74, 6) is -0.0919. The van der Waals surface area contributed by atoms with Gasteiger partial charge in [0.25, 0.3) is 5.91 Å². The van der Waals surface area contributed by atoms with Crippen LogP contribution in [0.2, 0.25) is 5.02 Å². The Kier molecular flexibility index (Phi) is 6.62. The van der Waals surface area contributed by atoms with E-state index in [9.17, 15) is 9.59 Å². The maximum absolute atomic E-state index is 12.8. The van der Waals surface area contributed by atoms with E-state index in [1.165, 1.54) is 17.8 Å². The van der Waals surface area contributed by atoms with E-state index in [4.69, 9.17) is 21.3 Å². The van der Waals surface area contributed by atoms with Crippen LogP contribution in [0, 0.1) is 0 Å². The lowest BCUT2D eigenvalue weighted by Crippen LogP contribution is -2.22. The number of hydrogen-bond donors (Lipinski definition) is 1. The fraction of sp³-hybridized carbons (Fsp3) is 0.250. The van der Waals surface area contributed by atoms with E-state index in [0.29, 0.717) is 29.7 Å². The molecule has 5 heterocycles. The van der Waals surface area contributed by atoms with E-state index in [0.717, 1.165) is 41.0 Å². The highest BCUT2D eigenvalue weighted by atomic mass is 35.5. The highest BCUT2D eigenvalue weighted by Gasteiger charge is 2.25. The van der Waals surface area contributed by atoms with E-state index in [1.807, 2.05) is 27.3 Å². The summed E-state index contributed by atoms with van der Waals surface area (Å²) in [6.45, 7) is 2.76. The Labute approximate surface area is 228 Å². The molecule has 11 heteroatoms. The summed E-state index contributed by atoms with van der Waals surface area (Å²) in [5, 5.41) is 7.87. The van der Waals surface area contributed by atoms with Crippen molar-refractivity contribution in [1.82, 2.24) is 33.9 Å². The molecule has 1 N–H and O–H groups in total. The Balaban J connectivity index is 1.17. The number of imidazole rings is 2. The summed E-state index contributed by atoms with van der Waals surface area (Å²) in [4.78, 5) is 33.8. The van der Waals surface area contributed by atoms with Gasteiger partial charge >= 0.3 is 5.97 Å². The van der Waals surface area contributed by atoms with E-state index < -0.39 is 0 Å². The van der Waals surface area contributed by atoms with Crippen molar-refractivity contribution >= 4 is 40.7 Å². The lowest BCUT2D eigenvalue weighted by molar-refractivity contribution is -0.137. The Morgan fingerprint density at radius 2 is 2.08 bits per heavy atom. The molecule has 0 bridgehead atoms. The van der Waals surface area contributed by atoms with Crippen LogP contribution in [0.4, 0.5) is 0 Å². The van der Waals surface area contributed by atoms with Crippen LogP contribution in [-0.4, -0.2) is 47.0 Å². The first-order valence-corrected chi connectivity index (χ1v) is 13.1. The van der Waals surface area contributed by atoms with Gasteiger partial charge in [-0.3, -0.25) is 9.48 Å². The number of esters is 1. The van der Waals surface area contributed by atoms with Crippen LogP contribution in [0.15, 0.2) is 61.6 Å². The third kappa shape index (κ3) is 5.42. The van der Waals surface area contributed by atoms with E-state index in [2.05, 4.69) is 27.7 Å². The quantitative estimate of drug-likeness (QED) is 0.220. The van der Waals surface area contributed by atoms with E-state index in [1.54, 1.807) is 36.3 Å². The van der Waals surface area contributed by atoms with Crippen molar-refractivity contribution in [3.8, 4) is 0 Å². The maximum Gasteiger partial charge on any atom is 0.330 e. The summed E-state index contributed by atoms with van der Waals surface area (Å²) in [6.07, 6.45) is 16.3. The standard InChI is InChI=1S/C28H26ClN7O3/c1-2-39-26(37)6-5-19-9-20(18-3-4-18)13-35-15-23(33-27(19)35)16-36-14-21(11-32-36)28(38)30-12-24-25-10-22(29)7-8-34(25)17-31-24/h5-11,13-15,17-18H,2-4,12,16H2,1H3,(H,30,38). The number of hydrogen-bond acceptors (Lipinski definition) is 6. The topological polar surface area (TPSA) is 108 Å². The highest BCUT2D eigenvalue weighted by Crippen LogP contribution is 2.40. The van der Waals surface area contributed by atoms with Crippen molar-refractivity contribution in [3.05, 3.63) is 94.7 Å². The zero-order valence-electron chi connectivity index (χ0n) is 21.2. The van der Waals surface area contributed by atoms with Crippen LogP contribution < -0.4 is 5.32 Å². The van der Waals surface area contributed by atoms with Gasteiger partial charge in [0.2, 0.25) is 0 Å². The zero-order chi connectivity index (χ0) is 26.9. The molecule has 1 amide bonds. The third-order valence-electron chi connectivity index (χ3n) is 6.60. The van der Waals surface area contributed by atoms with E-state index >= 15 is 0 Å². The monoisotopic (exact) mass is 543 g/mol. The number of amides is 1. The number of ether oxygens (including phenoxy) is 1. The van der Waals surface area contributed by atoms with Crippen LogP contribution >= 0.6 is 11.6 Å². The molecule has 1 saturated carbocycles. The summed E-state index contributed by atoms with van der Waals surface area (Å²) < 4.78 is 10.6. The van der Waals surface area contributed by atoms with Crippen molar-refractivity contribution in [2.24, 2.45) is 0 Å². The van der Waals surface area contributed by atoms with Gasteiger partial charge in [0.15, 0.2) is 0 Å². The van der Waals surface area contributed by atoms with E-state index in [-0.39, 0.29) is 18.4 Å². The second kappa shape index (κ2) is 10.4. The van der Waals surface area contributed by atoms with Crippen molar-refractivity contribution in [3.63, 3.8) is 0 Å². The Bertz CT molecular complexity index is 1730. The second-order valence-electron chi connectivity index (χ2n) is 9.49. The first-order valence-electron chi connectivity index (χ1n) is 12.7. The molecular formula is C28H26ClN7O3. The number of nitrogens with one attached hydrogen (secondary N) is 1. The minimum atomic E-state index is -0.383. The molecule has 39 heavy (non-hydrogen) atoms. The van der Waals surface area contributed by atoms with Gasteiger partial charge in [0.1, 0.15) is 5.65 Å². The fourth-order valence-electron chi connectivity index (χ4n) is 4.54. The van der Waals surface area contributed by atoms with Gasteiger partial charge in [-0.05, 0) is 55.5 Å². The predicted molar refractivity (Wildman–Crippen MR) is 146 cm³/mol. The van der Waals surface area contributed by atoms with Gasteiger partial charge in [-0.15, -0.1) is 0 Å². The number of carbonyl (C=O) groups excluding carboxylic acids is 2. The number of nitrogens with zero attached hydrogens (tertiary/aromatic N) is 6. The highest BCUT2D eigenvalue weighted by molar-refractivity contribution is 6.30. The maximum atomic E-state index is 12.8. The van der Waals surface area contributed by atoms with Crippen molar-refractivity contribution in [2.45, 2.75) is 38.8 Å². The summed E-state index contributed by atoms with van der Waals surface area (Å²) in [7, 11) is 0. The molecule has 10 nitrogen and oxygen atoms in total. The smallest absolute Gasteiger partial charge is 0.330 e. The molecule has 0 radical (unpaired) electrons. The van der Waals surface area contributed by atoms with Crippen molar-refractivity contribution < 1.29 is 14.3 Å². The molecule has 5 aromatic rings. The summed E-state index contributed by atoms with van der Waals surface area (Å²) in [6, 6.07) is 5.69. The molecule has 1 fully saturated rings. The predicted octanol–water partition coefficient (Wildman–Crippen LogP) is 4.26. The summed E-state index contributed by atoms with van der Waals surface area (Å²) in [5.41, 5.74) is 5.60. The normalized spacial score (nSPS) is 13.5. The molecule has 5 aromatic heterocycles. The molecule has 1 aliphatic carbocycles. The molecule has 0 spiro atoms. The van der Waals surface area contributed by atoms with Gasteiger partial charge in [-0.25, -0.2) is 14.8 Å². The molecule has 1 aliphatic rings. The lowest BCUT2D eigenvalue weighted by atomic mass is 10.1. The molecule has 0 aliphatic heterocycles. The van der Waals surface area contributed by atoms with Crippen LogP contribution in [0.3, 0.4) is 0 Å². The number of carbonyl (C=O) groups is 2. The minimum absolute atomic E-state index is 0.250. The van der Waals surface area contributed by atoms with Crippen LogP contribution in [-0.2, 0) is 22.6 Å². The van der Waals surface area contributed by atoms with Gasteiger partial charge in [-0.1, -0.05) is 11.6 Å². The number of fused-ring (bicyclic) bond motifs is 2. The first kappa shape index (κ1) is 24.9. The van der Waals surface area contributed by atoms with Crippen LogP contribution in [0.5, 0.6) is 0 Å². The third-order valence-corrected chi connectivity index (χ3v) is 6.84. The second-order valence-corrected chi connectivity index (χ2v) is 9.93. The zero-order valence-corrected chi connectivity index (χ0v) is 22.0. The Hall–Kier alpha value is -4.44. The number of halogens is 1. The van der Waals surface area contributed by atoms with Crippen LogP contribution in [0.25, 0.3) is 17.2 Å². The van der Waals surface area contributed by atoms with Crippen molar-refractivity contribution in [2.75, 3.05) is 6.61 Å².